The Bertz CT molecular complexity index is 820. The summed E-state index contributed by atoms with van der Waals surface area (Å²) in [6.07, 6.45) is 0. The molecule has 2 aromatic rings. The van der Waals surface area contributed by atoms with Crippen LogP contribution in [0, 0.1) is 5.82 Å². The van der Waals surface area contributed by atoms with Gasteiger partial charge < -0.3 is 0 Å². The van der Waals surface area contributed by atoms with Crippen molar-refractivity contribution in [1.29, 1.82) is 0 Å². The van der Waals surface area contributed by atoms with Crippen molar-refractivity contribution in [2.75, 3.05) is 6.54 Å². The van der Waals surface area contributed by atoms with Gasteiger partial charge in [0.1, 0.15) is 5.82 Å². The molecule has 1 aromatic heterocycles. The number of nitrogens with zero attached hydrogens (tertiary/aromatic N) is 3. The highest BCUT2D eigenvalue weighted by Crippen LogP contribution is 2.26. The van der Waals surface area contributed by atoms with E-state index in [4.69, 9.17) is 0 Å². The van der Waals surface area contributed by atoms with Gasteiger partial charge in [-0.15, -0.1) is 0 Å². The van der Waals surface area contributed by atoms with Crippen molar-refractivity contribution in [3.63, 3.8) is 0 Å². The van der Waals surface area contributed by atoms with E-state index in [0.717, 1.165) is 11.4 Å². The molecule has 0 N–H and O–H groups in total. The average molecular weight is 337 g/mol. The fourth-order valence-electron chi connectivity index (χ4n) is 2.57. The molecule has 0 unspecified atom stereocenters. The first-order valence-corrected chi connectivity index (χ1v) is 8.95. The van der Waals surface area contributed by atoms with Gasteiger partial charge in [0.05, 0.1) is 29.4 Å². The third-order valence-electron chi connectivity index (χ3n) is 3.98. The van der Waals surface area contributed by atoms with E-state index < -0.39 is 15.8 Å². The van der Waals surface area contributed by atoms with Crippen LogP contribution in [0.5, 0.6) is 0 Å². The first kappa shape index (κ1) is 16.1. The lowest BCUT2D eigenvalue weighted by Crippen LogP contribution is -2.38. The maximum Gasteiger partial charge on any atom is 0.243 e. The van der Waals surface area contributed by atoms with Crippen LogP contribution in [-0.4, -0.2) is 29.0 Å². The predicted molar refractivity (Wildman–Crippen MR) is 84.9 cm³/mol. The standard InChI is InChI=1S/C16H20FN3O2S/c1-16(2,3)15-10-13-11-19(8-9-20(13)18-15)23(21,22)14-6-4-12(17)5-7-14/h4-7,10H,8-9,11H2,1-3H3. The average Bonchev–Trinajstić information content (AvgIpc) is 2.91. The molecule has 0 radical (unpaired) electrons. The number of aromatic nitrogens is 2. The molecule has 0 fully saturated rings. The van der Waals surface area contributed by atoms with Gasteiger partial charge in [-0.2, -0.15) is 9.40 Å². The minimum atomic E-state index is -3.62. The van der Waals surface area contributed by atoms with Crippen LogP contribution in [-0.2, 0) is 28.5 Å². The zero-order valence-electron chi connectivity index (χ0n) is 13.5. The van der Waals surface area contributed by atoms with Crippen molar-refractivity contribution in [2.24, 2.45) is 0 Å². The highest BCUT2D eigenvalue weighted by Gasteiger charge is 2.30. The van der Waals surface area contributed by atoms with Gasteiger partial charge >= 0.3 is 0 Å². The summed E-state index contributed by atoms with van der Waals surface area (Å²) in [4.78, 5) is 0.114. The molecule has 124 valence electrons. The molecule has 1 aromatic carbocycles. The van der Waals surface area contributed by atoms with Crippen molar-refractivity contribution in [3.05, 3.63) is 47.5 Å². The first-order chi connectivity index (χ1) is 10.7. The molecule has 0 spiro atoms. The van der Waals surface area contributed by atoms with Crippen LogP contribution in [0.15, 0.2) is 35.2 Å². The van der Waals surface area contributed by atoms with Gasteiger partial charge in [-0.05, 0) is 30.3 Å². The Labute approximate surface area is 135 Å². The van der Waals surface area contributed by atoms with Gasteiger partial charge in [0.2, 0.25) is 10.0 Å². The molecule has 1 aliphatic rings. The van der Waals surface area contributed by atoms with Crippen LogP contribution >= 0.6 is 0 Å². The van der Waals surface area contributed by atoms with Crippen LogP contribution in [0.1, 0.15) is 32.2 Å². The van der Waals surface area contributed by atoms with Crippen molar-refractivity contribution in [3.8, 4) is 0 Å². The Kier molecular flexibility index (Phi) is 3.80. The van der Waals surface area contributed by atoms with Crippen molar-refractivity contribution < 1.29 is 12.8 Å². The lowest BCUT2D eigenvalue weighted by atomic mass is 9.92. The molecular formula is C16H20FN3O2S. The molecule has 7 heteroatoms. The molecule has 5 nitrogen and oxygen atoms in total. The Morgan fingerprint density at radius 2 is 1.78 bits per heavy atom. The maximum atomic E-state index is 13.0. The van der Waals surface area contributed by atoms with E-state index in [0.29, 0.717) is 13.1 Å². The number of benzene rings is 1. The van der Waals surface area contributed by atoms with Crippen molar-refractivity contribution in [2.45, 2.75) is 44.2 Å². The second-order valence-electron chi connectivity index (χ2n) is 6.79. The lowest BCUT2D eigenvalue weighted by molar-refractivity contribution is 0.325. The van der Waals surface area contributed by atoms with Crippen LogP contribution in [0.3, 0.4) is 0 Å². The predicted octanol–water partition coefficient (Wildman–Crippen LogP) is 2.52. The van der Waals surface area contributed by atoms with Crippen LogP contribution < -0.4 is 0 Å². The van der Waals surface area contributed by atoms with Gasteiger partial charge in [-0.1, -0.05) is 20.8 Å². The Morgan fingerprint density at radius 1 is 1.13 bits per heavy atom. The smallest absolute Gasteiger partial charge is 0.243 e. The Balaban J connectivity index is 1.89. The van der Waals surface area contributed by atoms with E-state index >= 15 is 0 Å². The summed E-state index contributed by atoms with van der Waals surface area (Å²) >= 11 is 0. The maximum absolute atomic E-state index is 13.0. The second kappa shape index (κ2) is 5.42. The van der Waals surface area contributed by atoms with Crippen molar-refractivity contribution >= 4 is 10.0 Å². The van der Waals surface area contributed by atoms with Crippen LogP contribution in [0.4, 0.5) is 4.39 Å². The summed E-state index contributed by atoms with van der Waals surface area (Å²) in [6.45, 7) is 7.39. The SMILES string of the molecule is CC(C)(C)c1cc2n(n1)CCN(S(=O)(=O)c1ccc(F)cc1)C2. The van der Waals surface area contributed by atoms with Gasteiger partial charge in [0.15, 0.2) is 0 Å². The zero-order valence-corrected chi connectivity index (χ0v) is 14.3. The van der Waals surface area contributed by atoms with Gasteiger partial charge in [0, 0.05) is 12.0 Å². The molecule has 2 heterocycles. The summed E-state index contributed by atoms with van der Waals surface area (Å²) in [5.41, 5.74) is 1.76. The Hall–Kier alpha value is -1.73. The molecule has 0 atom stereocenters. The summed E-state index contributed by atoms with van der Waals surface area (Å²) in [5.74, 6) is -0.449. The second-order valence-corrected chi connectivity index (χ2v) is 8.72. The van der Waals surface area contributed by atoms with E-state index in [1.807, 2.05) is 10.7 Å². The van der Waals surface area contributed by atoms with E-state index in [1.165, 1.54) is 28.6 Å². The molecule has 0 saturated carbocycles. The summed E-state index contributed by atoms with van der Waals surface area (Å²) < 4.78 is 41.7. The van der Waals surface area contributed by atoms with Crippen LogP contribution in [0.25, 0.3) is 0 Å². The molecule has 0 saturated heterocycles. The highest BCUT2D eigenvalue weighted by molar-refractivity contribution is 7.89. The van der Waals surface area contributed by atoms with Crippen molar-refractivity contribution in [1.82, 2.24) is 14.1 Å². The first-order valence-electron chi connectivity index (χ1n) is 7.51. The summed E-state index contributed by atoms with van der Waals surface area (Å²) in [5, 5.41) is 4.57. The Morgan fingerprint density at radius 3 is 2.39 bits per heavy atom. The number of hydrogen-bond donors (Lipinski definition) is 0. The number of halogens is 1. The molecule has 0 bridgehead atoms. The largest absolute Gasteiger partial charge is 0.267 e. The topological polar surface area (TPSA) is 55.2 Å². The number of rotatable bonds is 2. The van der Waals surface area contributed by atoms with Gasteiger partial charge in [-0.3, -0.25) is 4.68 Å². The van der Waals surface area contributed by atoms with Crippen LogP contribution in [0.2, 0.25) is 0 Å². The molecule has 23 heavy (non-hydrogen) atoms. The van der Waals surface area contributed by atoms with Gasteiger partial charge in [-0.25, -0.2) is 12.8 Å². The third-order valence-corrected chi connectivity index (χ3v) is 5.84. The monoisotopic (exact) mass is 337 g/mol. The quantitative estimate of drug-likeness (QED) is 0.846. The lowest BCUT2D eigenvalue weighted by Gasteiger charge is -2.26. The minimum Gasteiger partial charge on any atom is -0.267 e. The molecule has 0 aliphatic carbocycles. The number of sulfonamides is 1. The van der Waals surface area contributed by atoms with E-state index in [9.17, 15) is 12.8 Å². The zero-order chi connectivity index (χ0) is 16.8. The molecule has 1 aliphatic heterocycles. The fourth-order valence-corrected chi connectivity index (χ4v) is 3.97. The molecular weight excluding hydrogens is 317 g/mol. The highest BCUT2D eigenvalue weighted by atomic mass is 32.2. The molecule has 0 amide bonds. The number of fused-ring (bicyclic) bond motifs is 1. The molecule has 3 rings (SSSR count). The normalized spacial score (nSPS) is 16.3. The number of hydrogen-bond acceptors (Lipinski definition) is 3. The summed E-state index contributed by atoms with van der Waals surface area (Å²) in [7, 11) is -3.62. The fraction of sp³-hybridized carbons (Fsp3) is 0.438. The van der Waals surface area contributed by atoms with E-state index in [2.05, 4.69) is 25.9 Å². The third kappa shape index (κ3) is 3.03. The van der Waals surface area contributed by atoms with E-state index in [-0.39, 0.29) is 16.9 Å². The van der Waals surface area contributed by atoms with Gasteiger partial charge in [0.25, 0.3) is 0 Å². The summed E-state index contributed by atoms with van der Waals surface area (Å²) in [6, 6.07) is 6.90. The minimum absolute atomic E-state index is 0.0784. The van der Waals surface area contributed by atoms with E-state index in [1.54, 1.807) is 0 Å².